The Morgan fingerprint density at radius 2 is 2.32 bits per heavy atom. The lowest BCUT2D eigenvalue weighted by Gasteiger charge is -2.22. The fourth-order valence-electron chi connectivity index (χ4n) is 2.05. The van der Waals surface area contributed by atoms with Crippen LogP contribution in [0.15, 0.2) is 28.1 Å². The molecule has 0 bridgehead atoms. The largest absolute Gasteiger partial charge is 0.382 e. The first-order valence-electron chi connectivity index (χ1n) is 6.40. The molecule has 0 unspecified atom stereocenters. The zero-order chi connectivity index (χ0) is 13.7. The van der Waals surface area contributed by atoms with E-state index in [1.54, 1.807) is 12.3 Å². The van der Waals surface area contributed by atoms with Gasteiger partial charge in [0, 0.05) is 19.8 Å². The molecule has 1 aliphatic rings. The first-order chi connectivity index (χ1) is 9.22. The summed E-state index contributed by atoms with van der Waals surface area (Å²) in [6.45, 7) is 6.51. The van der Waals surface area contributed by atoms with Crippen LogP contribution in [-0.4, -0.2) is 29.5 Å². The number of ether oxygens (including phenoxy) is 1. The highest BCUT2D eigenvalue weighted by Crippen LogP contribution is 2.19. The fourth-order valence-corrected chi connectivity index (χ4v) is 2.49. The normalized spacial score (nSPS) is 16.3. The molecule has 1 saturated heterocycles. The Labute approximate surface area is 120 Å². The molecule has 1 N–H and O–H groups in total. The second-order valence-electron chi connectivity index (χ2n) is 4.58. The van der Waals surface area contributed by atoms with E-state index in [1.807, 2.05) is 0 Å². The lowest BCUT2D eigenvalue weighted by atomic mass is 10.0. The van der Waals surface area contributed by atoms with Crippen LogP contribution in [0, 0.1) is 5.92 Å². The van der Waals surface area contributed by atoms with E-state index in [0.29, 0.717) is 16.9 Å². The summed E-state index contributed by atoms with van der Waals surface area (Å²) < 4.78 is 7.22. The molecule has 0 spiro atoms. The highest BCUT2D eigenvalue weighted by atomic mass is 79.9. The predicted molar refractivity (Wildman–Crippen MR) is 78.4 cm³/mol. The Morgan fingerprint density at radius 3 is 3.00 bits per heavy atom. The number of anilines is 1. The summed E-state index contributed by atoms with van der Waals surface area (Å²) >= 11 is 3.33. The Balaban J connectivity index is 2.02. The SMILES string of the molecule is C=CCn1ncc(NCC2CCOCC2)c(Br)c1=O. The number of rotatable bonds is 5. The molecule has 19 heavy (non-hydrogen) atoms. The van der Waals surface area contributed by atoms with Crippen LogP contribution >= 0.6 is 15.9 Å². The molecule has 0 aliphatic carbocycles. The van der Waals surface area contributed by atoms with E-state index in [9.17, 15) is 4.79 Å². The average Bonchev–Trinajstić information content (AvgIpc) is 2.44. The summed E-state index contributed by atoms with van der Waals surface area (Å²) in [7, 11) is 0. The minimum absolute atomic E-state index is 0.142. The molecule has 2 rings (SSSR count). The van der Waals surface area contributed by atoms with Crippen LogP contribution in [0.2, 0.25) is 0 Å². The van der Waals surface area contributed by atoms with Crippen molar-refractivity contribution < 1.29 is 4.74 Å². The second kappa shape index (κ2) is 6.86. The summed E-state index contributed by atoms with van der Waals surface area (Å²) in [5.41, 5.74) is 0.605. The third kappa shape index (κ3) is 3.67. The van der Waals surface area contributed by atoms with Gasteiger partial charge >= 0.3 is 0 Å². The van der Waals surface area contributed by atoms with Gasteiger partial charge in [-0.25, -0.2) is 4.68 Å². The minimum Gasteiger partial charge on any atom is -0.382 e. The van der Waals surface area contributed by atoms with Crippen molar-refractivity contribution in [2.75, 3.05) is 25.1 Å². The smallest absolute Gasteiger partial charge is 0.283 e. The number of hydrogen-bond acceptors (Lipinski definition) is 4. The minimum atomic E-state index is -0.142. The topological polar surface area (TPSA) is 56.1 Å². The summed E-state index contributed by atoms with van der Waals surface area (Å²) in [4.78, 5) is 12.0. The number of aromatic nitrogens is 2. The molecule has 1 fully saturated rings. The highest BCUT2D eigenvalue weighted by molar-refractivity contribution is 9.10. The van der Waals surface area contributed by atoms with E-state index >= 15 is 0 Å². The third-order valence-corrected chi connectivity index (χ3v) is 3.98. The Bertz CT molecular complexity index is 495. The first-order valence-corrected chi connectivity index (χ1v) is 7.19. The molecular formula is C13H18BrN3O2. The van der Waals surface area contributed by atoms with Gasteiger partial charge in [-0.05, 0) is 34.7 Å². The van der Waals surface area contributed by atoms with E-state index in [2.05, 4.69) is 32.9 Å². The Morgan fingerprint density at radius 1 is 1.58 bits per heavy atom. The summed E-state index contributed by atoms with van der Waals surface area (Å²) in [6.07, 6.45) is 5.45. The lowest BCUT2D eigenvalue weighted by Crippen LogP contribution is -2.26. The van der Waals surface area contributed by atoms with Crippen molar-refractivity contribution in [2.45, 2.75) is 19.4 Å². The number of hydrogen-bond donors (Lipinski definition) is 1. The highest BCUT2D eigenvalue weighted by Gasteiger charge is 2.15. The van der Waals surface area contributed by atoms with Crippen LogP contribution < -0.4 is 10.9 Å². The molecule has 0 radical (unpaired) electrons. The quantitative estimate of drug-likeness (QED) is 0.841. The van der Waals surface area contributed by atoms with Gasteiger partial charge in [0.1, 0.15) is 4.47 Å². The maximum absolute atomic E-state index is 12.0. The molecule has 104 valence electrons. The molecule has 0 atom stereocenters. The van der Waals surface area contributed by atoms with Crippen LogP contribution in [0.5, 0.6) is 0 Å². The van der Waals surface area contributed by atoms with Gasteiger partial charge in [0.15, 0.2) is 0 Å². The number of nitrogens with one attached hydrogen (secondary N) is 1. The number of allylic oxidation sites excluding steroid dienone is 1. The average molecular weight is 328 g/mol. The van der Waals surface area contributed by atoms with Gasteiger partial charge in [-0.3, -0.25) is 4.79 Å². The molecule has 0 aromatic carbocycles. The molecule has 1 aromatic rings. The van der Waals surface area contributed by atoms with Crippen LogP contribution in [-0.2, 0) is 11.3 Å². The van der Waals surface area contributed by atoms with Gasteiger partial charge < -0.3 is 10.1 Å². The van der Waals surface area contributed by atoms with Crippen LogP contribution in [0.25, 0.3) is 0 Å². The number of halogens is 1. The zero-order valence-corrected chi connectivity index (χ0v) is 12.4. The first kappa shape index (κ1) is 14.3. The van der Waals surface area contributed by atoms with Crippen LogP contribution in [0.3, 0.4) is 0 Å². The lowest BCUT2D eigenvalue weighted by molar-refractivity contribution is 0.0699. The molecule has 6 heteroatoms. The monoisotopic (exact) mass is 327 g/mol. The van der Waals surface area contributed by atoms with E-state index in [0.717, 1.165) is 38.3 Å². The van der Waals surface area contributed by atoms with Crippen LogP contribution in [0.4, 0.5) is 5.69 Å². The molecule has 2 heterocycles. The van der Waals surface area contributed by atoms with Gasteiger partial charge in [-0.15, -0.1) is 6.58 Å². The van der Waals surface area contributed by atoms with Crippen molar-refractivity contribution in [1.29, 1.82) is 0 Å². The van der Waals surface area contributed by atoms with E-state index in [1.165, 1.54) is 4.68 Å². The van der Waals surface area contributed by atoms with E-state index < -0.39 is 0 Å². The van der Waals surface area contributed by atoms with Gasteiger partial charge in [0.05, 0.1) is 18.4 Å². The van der Waals surface area contributed by atoms with Gasteiger partial charge in [-0.2, -0.15) is 5.10 Å². The van der Waals surface area contributed by atoms with Crippen molar-refractivity contribution in [3.05, 3.63) is 33.7 Å². The van der Waals surface area contributed by atoms with Crippen LogP contribution in [0.1, 0.15) is 12.8 Å². The molecule has 5 nitrogen and oxygen atoms in total. The molecule has 0 saturated carbocycles. The number of nitrogens with zero attached hydrogens (tertiary/aromatic N) is 2. The third-order valence-electron chi connectivity index (χ3n) is 3.21. The molecule has 1 aromatic heterocycles. The van der Waals surface area contributed by atoms with Crippen molar-refractivity contribution >= 4 is 21.6 Å². The molecular weight excluding hydrogens is 310 g/mol. The summed E-state index contributed by atoms with van der Waals surface area (Å²) in [5.74, 6) is 0.594. The van der Waals surface area contributed by atoms with E-state index in [-0.39, 0.29) is 5.56 Å². The summed E-state index contributed by atoms with van der Waals surface area (Å²) in [5, 5.41) is 7.40. The van der Waals surface area contributed by atoms with Gasteiger partial charge in [0.25, 0.3) is 5.56 Å². The van der Waals surface area contributed by atoms with E-state index in [4.69, 9.17) is 4.74 Å². The Hall–Kier alpha value is -1.14. The van der Waals surface area contributed by atoms with Gasteiger partial charge in [-0.1, -0.05) is 6.08 Å². The summed E-state index contributed by atoms with van der Waals surface area (Å²) in [6, 6.07) is 0. The van der Waals surface area contributed by atoms with Crippen molar-refractivity contribution in [1.82, 2.24) is 9.78 Å². The maximum atomic E-state index is 12.0. The van der Waals surface area contributed by atoms with Crippen molar-refractivity contribution in [3.8, 4) is 0 Å². The predicted octanol–water partition coefficient (Wildman–Crippen LogP) is 2.03. The maximum Gasteiger partial charge on any atom is 0.283 e. The second-order valence-corrected chi connectivity index (χ2v) is 5.38. The van der Waals surface area contributed by atoms with Gasteiger partial charge in [0.2, 0.25) is 0 Å². The Kier molecular flexibility index (Phi) is 5.15. The van der Waals surface area contributed by atoms with Crippen molar-refractivity contribution in [3.63, 3.8) is 0 Å². The molecule has 0 amide bonds. The standard InChI is InChI=1S/C13H18BrN3O2/c1-2-5-17-13(18)12(14)11(9-16-17)15-8-10-3-6-19-7-4-10/h2,9-10,15H,1,3-8H2. The molecule has 1 aliphatic heterocycles. The fraction of sp³-hybridized carbons (Fsp3) is 0.538. The zero-order valence-electron chi connectivity index (χ0n) is 10.8. The van der Waals surface area contributed by atoms with Crippen molar-refractivity contribution in [2.24, 2.45) is 5.92 Å².